The number of benzene rings is 3. The lowest BCUT2D eigenvalue weighted by Gasteiger charge is -2.29. The lowest BCUT2D eigenvalue weighted by Crippen LogP contribution is -2.43. The molecular weight excluding hydrogens is 481 g/mol. The molecule has 4 aromatic rings. The van der Waals surface area contributed by atoms with Gasteiger partial charge in [-0.05, 0) is 52.8 Å². The van der Waals surface area contributed by atoms with Crippen molar-refractivity contribution in [2.24, 2.45) is 11.5 Å². The van der Waals surface area contributed by atoms with E-state index >= 15 is 0 Å². The minimum atomic E-state index is -4.36. The van der Waals surface area contributed by atoms with Crippen molar-refractivity contribution in [2.45, 2.75) is 24.1 Å². The standard InChI is InChI=1S/C28H25F3N4S/c29-28(30,31)23-10-6-18(7-11-23)14-24(32)17-35-25(19-4-2-1-3-5-19)26(36-27(35)33)21-8-9-22-16-34-13-12-20(22)15-21/h1-13,15-16,24,27H,14,17,32-33H2/t24-,27?/m1/s1. The largest absolute Gasteiger partial charge is 0.416 e. The molecule has 0 fully saturated rings. The van der Waals surface area contributed by atoms with Crippen LogP contribution in [0, 0.1) is 0 Å². The molecule has 5 rings (SSSR count). The van der Waals surface area contributed by atoms with Crippen molar-refractivity contribution in [1.82, 2.24) is 9.88 Å². The number of thioether (sulfide) groups is 1. The lowest BCUT2D eigenvalue weighted by atomic mass is 10.0. The third-order valence-electron chi connectivity index (χ3n) is 6.21. The fraction of sp³-hybridized carbons (Fsp3) is 0.179. The van der Waals surface area contributed by atoms with Gasteiger partial charge in [0.1, 0.15) is 5.50 Å². The molecule has 0 radical (unpaired) electrons. The van der Waals surface area contributed by atoms with Crippen molar-refractivity contribution >= 4 is 33.1 Å². The van der Waals surface area contributed by atoms with Crippen LogP contribution >= 0.6 is 11.8 Å². The van der Waals surface area contributed by atoms with E-state index in [2.05, 4.69) is 28.1 Å². The molecule has 1 unspecified atom stereocenters. The molecule has 2 heterocycles. The zero-order valence-corrected chi connectivity index (χ0v) is 20.1. The van der Waals surface area contributed by atoms with Crippen LogP contribution in [-0.2, 0) is 12.6 Å². The molecule has 0 spiro atoms. The zero-order valence-electron chi connectivity index (χ0n) is 19.3. The van der Waals surface area contributed by atoms with E-state index in [4.69, 9.17) is 11.5 Å². The molecule has 2 atom stereocenters. The number of rotatable bonds is 6. The highest BCUT2D eigenvalue weighted by molar-refractivity contribution is 8.09. The quantitative estimate of drug-likeness (QED) is 0.339. The average molecular weight is 507 g/mol. The van der Waals surface area contributed by atoms with Gasteiger partial charge in [0.2, 0.25) is 0 Å². The summed E-state index contributed by atoms with van der Waals surface area (Å²) in [6, 6.07) is 23.2. The van der Waals surface area contributed by atoms with E-state index in [0.29, 0.717) is 13.0 Å². The lowest BCUT2D eigenvalue weighted by molar-refractivity contribution is -0.137. The summed E-state index contributed by atoms with van der Waals surface area (Å²) < 4.78 is 38.7. The second-order valence-electron chi connectivity index (χ2n) is 8.80. The Morgan fingerprint density at radius 1 is 0.917 bits per heavy atom. The second-order valence-corrected chi connectivity index (χ2v) is 9.93. The highest BCUT2D eigenvalue weighted by Crippen LogP contribution is 2.47. The third-order valence-corrected chi connectivity index (χ3v) is 7.37. The summed E-state index contributed by atoms with van der Waals surface area (Å²) in [5.41, 5.74) is 16.0. The van der Waals surface area contributed by atoms with Gasteiger partial charge in [-0.3, -0.25) is 4.98 Å². The normalized spacial score (nSPS) is 17.1. The molecule has 0 saturated heterocycles. The van der Waals surface area contributed by atoms with Crippen LogP contribution in [0.1, 0.15) is 22.3 Å². The van der Waals surface area contributed by atoms with E-state index in [1.807, 2.05) is 42.6 Å². The Morgan fingerprint density at radius 2 is 1.67 bits per heavy atom. The Hall–Kier alpha value is -3.33. The van der Waals surface area contributed by atoms with Crippen LogP contribution in [0.15, 0.2) is 91.3 Å². The predicted molar refractivity (Wildman–Crippen MR) is 140 cm³/mol. The van der Waals surface area contributed by atoms with E-state index in [0.717, 1.165) is 50.2 Å². The van der Waals surface area contributed by atoms with Gasteiger partial charge in [-0.25, -0.2) is 0 Å². The number of pyridine rings is 1. The van der Waals surface area contributed by atoms with E-state index in [1.165, 1.54) is 12.1 Å². The van der Waals surface area contributed by atoms with Crippen LogP contribution in [-0.4, -0.2) is 28.0 Å². The first-order chi connectivity index (χ1) is 17.3. The van der Waals surface area contributed by atoms with E-state index in [-0.39, 0.29) is 11.5 Å². The summed E-state index contributed by atoms with van der Waals surface area (Å²) in [5.74, 6) is 0. The molecule has 184 valence electrons. The molecule has 0 amide bonds. The molecule has 1 aliphatic rings. The summed E-state index contributed by atoms with van der Waals surface area (Å²) in [6.45, 7) is 0.459. The van der Waals surface area contributed by atoms with E-state index < -0.39 is 11.7 Å². The molecule has 1 aliphatic heterocycles. The third kappa shape index (κ3) is 5.11. The first kappa shape index (κ1) is 24.4. The van der Waals surface area contributed by atoms with Crippen LogP contribution in [0.5, 0.6) is 0 Å². The number of nitrogens with zero attached hydrogens (tertiary/aromatic N) is 2. The fourth-order valence-electron chi connectivity index (χ4n) is 4.47. The van der Waals surface area contributed by atoms with Crippen LogP contribution in [0.2, 0.25) is 0 Å². The van der Waals surface area contributed by atoms with Gasteiger partial charge in [0.15, 0.2) is 0 Å². The van der Waals surface area contributed by atoms with Crippen LogP contribution in [0.3, 0.4) is 0 Å². The van der Waals surface area contributed by atoms with Gasteiger partial charge < -0.3 is 16.4 Å². The van der Waals surface area contributed by atoms with E-state index in [9.17, 15) is 13.2 Å². The molecule has 4 N–H and O–H groups in total. The van der Waals surface area contributed by atoms with Crippen LogP contribution < -0.4 is 11.5 Å². The predicted octanol–water partition coefficient (Wildman–Crippen LogP) is 5.94. The fourth-order valence-corrected chi connectivity index (χ4v) is 5.64. The van der Waals surface area contributed by atoms with Crippen molar-refractivity contribution < 1.29 is 13.2 Å². The number of fused-ring (bicyclic) bond motifs is 1. The summed E-state index contributed by atoms with van der Waals surface area (Å²) in [7, 11) is 0. The molecule has 0 bridgehead atoms. The van der Waals surface area contributed by atoms with Crippen molar-refractivity contribution in [3.05, 3.63) is 114 Å². The molecule has 3 aromatic carbocycles. The maximum absolute atomic E-state index is 12.9. The Morgan fingerprint density at radius 3 is 2.39 bits per heavy atom. The molecule has 1 aromatic heterocycles. The Kier molecular flexibility index (Phi) is 6.75. The van der Waals surface area contributed by atoms with Gasteiger partial charge in [-0.1, -0.05) is 66.4 Å². The SMILES string of the molecule is NC1SC(c2ccc3cnccc3c2)=C(c2ccccc2)N1C[C@H](N)Cc1ccc(C(F)(F)F)cc1. The number of hydrogen-bond acceptors (Lipinski definition) is 5. The summed E-state index contributed by atoms with van der Waals surface area (Å²) in [6.07, 6.45) is -0.304. The van der Waals surface area contributed by atoms with Crippen LogP contribution in [0.4, 0.5) is 13.2 Å². The number of alkyl halides is 3. The zero-order chi connectivity index (χ0) is 25.3. The first-order valence-electron chi connectivity index (χ1n) is 11.5. The Labute approximate surface area is 211 Å². The number of halogens is 3. The topological polar surface area (TPSA) is 68.2 Å². The van der Waals surface area contributed by atoms with Crippen molar-refractivity contribution in [3.63, 3.8) is 0 Å². The van der Waals surface area contributed by atoms with Gasteiger partial charge in [0.25, 0.3) is 0 Å². The maximum atomic E-state index is 12.9. The number of hydrogen-bond donors (Lipinski definition) is 2. The Balaban J connectivity index is 1.45. The van der Waals surface area contributed by atoms with Crippen molar-refractivity contribution in [1.29, 1.82) is 0 Å². The monoisotopic (exact) mass is 506 g/mol. The second kappa shape index (κ2) is 9.97. The minimum absolute atomic E-state index is 0.325. The van der Waals surface area contributed by atoms with Crippen molar-refractivity contribution in [2.75, 3.05) is 6.54 Å². The van der Waals surface area contributed by atoms with Gasteiger partial charge in [-0.15, -0.1) is 0 Å². The molecular formula is C28H25F3N4S. The van der Waals surface area contributed by atoms with Gasteiger partial charge in [-0.2, -0.15) is 13.2 Å². The smallest absolute Gasteiger partial charge is 0.344 e. The summed E-state index contributed by atoms with van der Waals surface area (Å²) in [4.78, 5) is 7.36. The minimum Gasteiger partial charge on any atom is -0.344 e. The van der Waals surface area contributed by atoms with E-state index in [1.54, 1.807) is 18.0 Å². The molecule has 0 saturated carbocycles. The molecule has 8 heteroatoms. The number of aromatic nitrogens is 1. The van der Waals surface area contributed by atoms with Gasteiger partial charge in [0.05, 0.1) is 11.3 Å². The Bertz CT molecular complexity index is 1390. The summed E-state index contributed by atoms with van der Waals surface area (Å²) >= 11 is 1.58. The first-order valence-corrected chi connectivity index (χ1v) is 12.4. The molecule has 36 heavy (non-hydrogen) atoms. The summed E-state index contributed by atoms with van der Waals surface area (Å²) in [5, 5.41) is 2.15. The maximum Gasteiger partial charge on any atom is 0.416 e. The highest BCUT2D eigenvalue weighted by Gasteiger charge is 2.33. The van der Waals surface area contributed by atoms with Crippen molar-refractivity contribution in [3.8, 4) is 0 Å². The molecule has 4 nitrogen and oxygen atoms in total. The highest BCUT2D eigenvalue weighted by atomic mass is 32.2. The van der Waals surface area contributed by atoms with Crippen LogP contribution in [0.25, 0.3) is 21.4 Å². The number of nitrogens with two attached hydrogens (primary N) is 2. The average Bonchev–Trinajstić information content (AvgIpc) is 3.19. The molecule has 0 aliphatic carbocycles. The van der Waals surface area contributed by atoms with Gasteiger partial charge >= 0.3 is 6.18 Å². The van der Waals surface area contributed by atoms with Gasteiger partial charge in [0, 0.05) is 35.3 Å².